The monoisotopic (exact) mass is 246 g/mol. The molecule has 1 fully saturated rings. The molecule has 0 amide bonds. The van der Waals surface area contributed by atoms with Crippen LogP contribution in [0.2, 0.25) is 0 Å². The van der Waals surface area contributed by atoms with Gasteiger partial charge in [-0.2, -0.15) is 0 Å². The van der Waals surface area contributed by atoms with E-state index in [9.17, 15) is 0 Å². The molecule has 1 aliphatic rings. The maximum absolute atomic E-state index is 7.41. The van der Waals surface area contributed by atoms with Gasteiger partial charge in [0.2, 0.25) is 0 Å². The maximum atomic E-state index is 7.41. The van der Waals surface area contributed by atoms with Gasteiger partial charge >= 0.3 is 0 Å². The number of hydrogen-bond donors (Lipinski definition) is 2. The second kappa shape index (κ2) is 5.01. The van der Waals surface area contributed by atoms with E-state index in [1.54, 1.807) is 0 Å². The second-order valence-electron chi connectivity index (χ2n) is 5.68. The third-order valence-corrected chi connectivity index (χ3v) is 3.60. The van der Waals surface area contributed by atoms with Crippen molar-refractivity contribution in [3.8, 4) is 5.75 Å². The molecule has 0 radical (unpaired) electrons. The Kier molecular flexibility index (Phi) is 3.60. The lowest BCUT2D eigenvalue weighted by Gasteiger charge is -2.18. The van der Waals surface area contributed by atoms with Gasteiger partial charge in [0.25, 0.3) is 0 Å². The Bertz CT molecular complexity index is 436. The van der Waals surface area contributed by atoms with Gasteiger partial charge in [-0.25, -0.2) is 0 Å². The highest BCUT2D eigenvalue weighted by molar-refractivity contribution is 5.78. The third kappa shape index (κ3) is 3.03. The van der Waals surface area contributed by atoms with Crippen LogP contribution in [0, 0.1) is 10.8 Å². The summed E-state index contributed by atoms with van der Waals surface area (Å²) in [7, 11) is 0. The summed E-state index contributed by atoms with van der Waals surface area (Å²) in [6.45, 7) is 5.02. The van der Waals surface area contributed by atoms with Crippen LogP contribution in [-0.4, -0.2) is 12.4 Å². The van der Waals surface area contributed by atoms with Crippen molar-refractivity contribution in [2.45, 2.75) is 39.0 Å². The molecule has 0 atom stereocenters. The highest BCUT2D eigenvalue weighted by atomic mass is 16.5. The SMILES string of the molecule is CC(C)c1ccccc1OCC1(CC(=N)N)CC1. The van der Waals surface area contributed by atoms with Crippen molar-refractivity contribution in [3.05, 3.63) is 29.8 Å². The van der Waals surface area contributed by atoms with E-state index in [-0.39, 0.29) is 11.3 Å². The van der Waals surface area contributed by atoms with Crippen LogP contribution in [0.5, 0.6) is 5.75 Å². The minimum Gasteiger partial charge on any atom is -0.493 e. The summed E-state index contributed by atoms with van der Waals surface area (Å²) < 4.78 is 5.97. The standard InChI is InChI=1S/C15H22N2O/c1-11(2)12-5-3-4-6-13(12)18-10-15(7-8-15)9-14(16)17/h3-6,11H,7-10H2,1-2H3,(H3,16,17). The summed E-state index contributed by atoms with van der Waals surface area (Å²) in [5.41, 5.74) is 6.87. The Morgan fingerprint density at radius 2 is 2.06 bits per heavy atom. The average Bonchev–Trinajstić information content (AvgIpc) is 3.06. The Labute approximate surface area is 109 Å². The molecule has 2 rings (SSSR count). The highest BCUT2D eigenvalue weighted by Crippen LogP contribution is 2.49. The van der Waals surface area contributed by atoms with Crippen LogP contribution in [0.15, 0.2) is 24.3 Å². The molecule has 98 valence electrons. The number of nitrogens with one attached hydrogen (secondary N) is 1. The normalized spacial score (nSPS) is 16.6. The van der Waals surface area contributed by atoms with Gasteiger partial charge in [-0.3, -0.25) is 5.41 Å². The Hall–Kier alpha value is -1.51. The van der Waals surface area contributed by atoms with E-state index in [2.05, 4.69) is 19.9 Å². The molecule has 0 unspecified atom stereocenters. The van der Waals surface area contributed by atoms with Gasteiger partial charge in [-0.05, 0) is 30.4 Å². The molecule has 3 nitrogen and oxygen atoms in total. The van der Waals surface area contributed by atoms with Gasteiger partial charge in [0.1, 0.15) is 5.75 Å². The number of ether oxygens (including phenoxy) is 1. The number of nitrogens with two attached hydrogens (primary N) is 1. The van der Waals surface area contributed by atoms with Gasteiger partial charge < -0.3 is 10.5 Å². The first-order chi connectivity index (χ1) is 8.52. The summed E-state index contributed by atoms with van der Waals surface area (Å²) in [4.78, 5) is 0. The van der Waals surface area contributed by atoms with Crippen LogP contribution in [0.4, 0.5) is 0 Å². The predicted molar refractivity (Wildman–Crippen MR) is 74.2 cm³/mol. The lowest BCUT2D eigenvalue weighted by Crippen LogP contribution is -2.22. The zero-order valence-corrected chi connectivity index (χ0v) is 11.2. The summed E-state index contributed by atoms with van der Waals surface area (Å²) in [6, 6.07) is 8.19. The fraction of sp³-hybridized carbons (Fsp3) is 0.533. The Morgan fingerprint density at radius 3 is 2.61 bits per heavy atom. The first-order valence-corrected chi connectivity index (χ1v) is 6.57. The molecule has 1 saturated carbocycles. The van der Waals surface area contributed by atoms with Crippen molar-refractivity contribution < 1.29 is 4.74 Å². The fourth-order valence-electron chi connectivity index (χ4n) is 2.27. The fourth-order valence-corrected chi connectivity index (χ4v) is 2.27. The number of benzene rings is 1. The van der Waals surface area contributed by atoms with E-state index >= 15 is 0 Å². The van der Waals surface area contributed by atoms with Crippen LogP contribution >= 0.6 is 0 Å². The van der Waals surface area contributed by atoms with Crippen molar-refractivity contribution in [1.82, 2.24) is 0 Å². The molecular weight excluding hydrogens is 224 g/mol. The molecule has 3 heteroatoms. The average molecular weight is 246 g/mol. The van der Waals surface area contributed by atoms with Gasteiger partial charge in [0.05, 0.1) is 12.4 Å². The summed E-state index contributed by atoms with van der Waals surface area (Å²) in [5.74, 6) is 1.71. The molecule has 0 heterocycles. The minimum atomic E-state index is 0.135. The molecule has 1 aromatic carbocycles. The molecule has 3 N–H and O–H groups in total. The van der Waals surface area contributed by atoms with Gasteiger partial charge in [0, 0.05) is 11.8 Å². The van der Waals surface area contributed by atoms with Gasteiger partial charge in [-0.1, -0.05) is 32.0 Å². The first kappa shape index (κ1) is 12.9. The molecule has 0 aliphatic heterocycles. The van der Waals surface area contributed by atoms with Crippen molar-refractivity contribution in [3.63, 3.8) is 0 Å². The molecule has 1 aromatic rings. The molecule has 0 bridgehead atoms. The van der Waals surface area contributed by atoms with Gasteiger partial charge in [-0.15, -0.1) is 0 Å². The smallest absolute Gasteiger partial charge is 0.122 e. The van der Waals surface area contributed by atoms with Crippen LogP contribution in [0.3, 0.4) is 0 Å². The molecule has 0 saturated heterocycles. The van der Waals surface area contributed by atoms with E-state index in [0.29, 0.717) is 18.9 Å². The van der Waals surface area contributed by atoms with Crippen LogP contribution in [0.25, 0.3) is 0 Å². The van der Waals surface area contributed by atoms with E-state index in [1.165, 1.54) is 5.56 Å². The summed E-state index contributed by atoms with van der Waals surface area (Å²) in [5, 5.41) is 7.41. The Balaban J connectivity index is 2.00. The van der Waals surface area contributed by atoms with E-state index in [4.69, 9.17) is 15.9 Å². The third-order valence-electron chi connectivity index (χ3n) is 3.60. The van der Waals surface area contributed by atoms with Crippen molar-refractivity contribution in [2.75, 3.05) is 6.61 Å². The molecule has 1 aliphatic carbocycles. The molecular formula is C15H22N2O. The lowest BCUT2D eigenvalue weighted by atomic mass is 10.0. The highest BCUT2D eigenvalue weighted by Gasteiger charge is 2.44. The van der Waals surface area contributed by atoms with Gasteiger partial charge in [0.15, 0.2) is 0 Å². The predicted octanol–water partition coefficient (Wildman–Crippen LogP) is 3.30. The van der Waals surface area contributed by atoms with Crippen molar-refractivity contribution >= 4 is 5.84 Å². The summed E-state index contributed by atoms with van der Waals surface area (Å²) >= 11 is 0. The zero-order valence-electron chi connectivity index (χ0n) is 11.2. The van der Waals surface area contributed by atoms with E-state index in [1.807, 2.05) is 18.2 Å². The summed E-state index contributed by atoms with van der Waals surface area (Å²) in [6.07, 6.45) is 2.91. The quantitative estimate of drug-likeness (QED) is 0.597. The van der Waals surface area contributed by atoms with Crippen LogP contribution < -0.4 is 10.5 Å². The lowest BCUT2D eigenvalue weighted by molar-refractivity contribution is 0.236. The van der Waals surface area contributed by atoms with Crippen molar-refractivity contribution in [1.29, 1.82) is 5.41 Å². The second-order valence-corrected chi connectivity index (χ2v) is 5.68. The largest absolute Gasteiger partial charge is 0.493 e. The Morgan fingerprint density at radius 1 is 1.39 bits per heavy atom. The number of hydrogen-bond acceptors (Lipinski definition) is 2. The minimum absolute atomic E-state index is 0.135. The molecule has 0 spiro atoms. The molecule has 18 heavy (non-hydrogen) atoms. The van der Waals surface area contributed by atoms with Crippen LogP contribution in [0.1, 0.15) is 44.6 Å². The molecule has 0 aromatic heterocycles. The number of rotatable bonds is 6. The van der Waals surface area contributed by atoms with Crippen LogP contribution in [-0.2, 0) is 0 Å². The zero-order chi connectivity index (χ0) is 13.2. The first-order valence-electron chi connectivity index (χ1n) is 6.57. The topological polar surface area (TPSA) is 59.1 Å². The number of para-hydroxylation sites is 1. The van der Waals surface area contributed by atoms with E-state index < -0.39 is 0 Å². The number of amidine groups is 1. The maximum Gasteiger partial charge on any atom is 0.122 e. The van der Waals surface area contributed by atoms with E-state index in [0.717, 1.165) is 18.6 Å². The van der Waals surface area contributed by atoms with Crippen molar-refractivity contribution in [2.24, 2.45) is 11.1 Å².